The molecule has 10 nitrogen and oxygen atoms in total. The van der Waals surface area contributed by atoms with Gasteiger partial charge in [0, 0.05) is 44.4 Å². The fourth-order valence-corrected chi connectivity index (χ4v) is 3.24. The van der Waals surface area contributed by atoms with Gasteiger partial charge < -0.3 is 21.3 Å². The van der Waals surface area contributed by atoms with Gasteiger partial charge in [0.2, 0.25) is 0 Å². The maximum atomic E-state index is 12.2. The van der Waals surface area contributed by atoms with E-state index >= 15 is 0 Å². The molecule has 0 saturated heterocycles. The Kier molecular flexibility index (Phi) is 19.3. The minimum absolute atomic E-state index is 0.00504. The second-order valence-corrected chi connectivity index (χ2v) is 9.27. The molecular weight excluding hydrogens is 642 g/mol. The molecule has 0 aromatic carbocycles. The third-order valence-electron chi connectivity index (χ3n) is 5.62. The molecular formula is C32H38F6N8O2. The number of nitrogens with one attached hydrogen (secondary N) is 2. The standard InChI is InChI=1S/C10H11F3N2O.C8H7F3N2O.C8H12N2.C6H8N2/c1-2-15(9(16)10(11,12)13)7-8-5-3-4-6-14-8;9-8(10,11)7(14)13-5-6-3-1-2-4-12-6;1-2-9-7-8-5-3-4-6-10-8;7-5-6-3-1-2-4-8-6/h3-6H,2,7H2,1H3;1-4H,5H2,(H,13,14);3-6,9H,2,7H2,1H3;1-4H,5,7H2. The monoisotopic (exact) mass is 680 g/mol. The van der Waals surface area contributed by atoms with E-state index in [1.54, 1.807) is 41.8 Å². The SMILES string of the molecule is CCN(Cc1ccccn1)C(=O)C(F)(F)F.CCNCc1ccccn1.NCc1ccccn1.O=C(NCc1ccccn1)C(F)(F)F. The minimum atomic E-state index is -4.84. The van der Waals surface area contributed by atoms with Gasteiger partial charge in [0.25, 0.3) is 0 Å². The van der Waals surface area contributed by atoms with E-state index in [0.717, 1.165) is 24.5 Å². The van der Waals surface area contributed by atoms with Crippen LogP contribution in [0.5, 0.6) is 0 Å². The highest BCUT2D eigenvalue weighted by Crippen LogP contribution is 2.19. The normalized spacial score (nSPS) is 10.5. The molecule has 0 atom stereocenters. The van der Waals surface area contributed by atoms with Gasteiger partial charge in [0.1, 0.15) is 0 Å². The zero-order chi connectivity index (χ0) is 35.8. The smallest absolute Gasteiger partial charge is 0.343 e. The van der Waals surface area contributed by atoms with Crippen LogP contribution in [0.1, 0.15) is 36.6 Å². The maximum Gasteiger partial charge on any atom is 0.471 e. The van der Waals surface area contributed by atoms with Crippen molar-refractivity contribution in [2.75, 3.05) is 13.1 Å². The zero-order valence-electron chi connectivity index (χ0n) is 26.4. The van der Waals surface area contributed by atoms with Crippen molar-refractivity contribution in [3.05, 3.63) is 120 Å². The minimum Gasteiger partial charge on any atom is -0.343 e. The average Bonchev–Trinajstić information content (AvgIpc) is 3.10. The summed E-state index contributed by atoms with van der Waals surface area (Å²) in [4.78, 5) is 37.8. The molecule has 0 unspecified atom stereocenters. The molecule has 0 aliphatic carbocycles. The molecule has 0 fully saturated rings. The number of carbonyl (C=O) groups is 2. The van der Waals surface area contributed by atoms with Crippen LogP contribution in [0, 0.1) is 0 Å². The molecule has 4 N–H and O–H groups in total. The molecule has 260 valence electrons. The summed E-state index contributed by atoms with van der Waals surface area (Å²) in [6.45, 7) is 5.62. The Morgan fingerprint density at radius 1 is 0.667 bits per heavy atom. The van der Waals surface area contributed by atoms with Crippen LogP contribution >= 0.6 is 0 Å². The number of halogens is 6. The number of rotatable bonds is 9. The molecule has 0 saturated carbocycles. The van der Waals surface area contributed by atoms with Crippen molar-refractivity contribution in [1.82, 2.24) is 35.5 Å². The number of nitrogens with two attached hydrogens (primary N) is 1. The van der Waals surface area contributed by atoms with Crippen LogP contribution in [0.3, 0.4) is 0 Å². The van der Waals surface area contributed by atoms with Gasteiger partial charge in [-0.3, -0.25) is 29.5 Å². The summed E-state index contributed by atoms with van der Waals surface area (Å²) in [6, 6.07) is 21.3. The summed E-state index contributed by atoms with van der Waals surface area (Å²) in [6.07, 6.45) is -3.20. The summed E-state index contributed by atoms with van der Waals surface area (Å²) in [5.41, 5.74) is 8.14. The van der Waals surface area contributed by atoms with Crippen LogP contribution in [-0.4, -0.2) is 62.1 Å². The first kappa shape index (κ1) is 41.1. The van der Waals surface area contributed by atoms with Crippen molar-refractivity contribution in [1.29, 1.82) is 0 Å². The molecule has 4 heterocycles. The lowest BCUT2D eigenvalue weighted by molar-refractivity contribution is -0.185. The molecule has 0 spiro atoms. The van der Waals surface area contributed by atoms with Crippen molar-refractivity contribution >= 4 is 11.8 Å². The topological polar surface area (TPSA) is 139 Å². The van der Waals surface area contributed by atoms with E-state index in [9.17, 15) is 35.9 Å². The molecule has 16 heteroatoms. The van der Waals surface area contributed by atoms with E-state index in [-0.39, 0.29) is 19.6 Å². The van der Waals surface area contributed by atoms with Crippen molar-refractivity contribution in [2.24, 2.45) is 5.73 Å². The van der Waals surface area contributed by atoms with Crippen LogP contribution in [0.25, 0.3) is 0 Å². The number of amides is 2. The Bertz CT molecular complexity index is 1420. The first-order chi connectivity index (χ1) is 22.8. The first-order valence-corrected chi connectivity index (χ1v) is 14.5. The van der Waals surface area contributed by atoms with E-state index in [0.29, 0.717) is 22.8 Å². The lowest BCUT2D eigenvalue weighted by Gasteiger charge is -2.21. The van der Waals surface area contributed by atoms with Gasteiger partial charge in [0.15, 0.2) is 0 Å². The summed E-state index contributed by atoms with van der Waals surface area (Å²) < 4.78 is 71.7. The predicted molar refractivity (Wildman–Crippen MR) is 167 cm³/mol. The molecule has 48 heavy (non-hydrogen) atoms. The van der Waals surface area contributed by atoms with Gasteiger partial charge in [-0.25, -0.2) is 0 Å². The number of pyridine rings is 4. The fraction of sp³-hybridized carbons (Fsp3) is 0.312. The van der Waals surface area contributed by atoms with Gasteiger partial charge in [-0.2, -0.15) is 26.3 Å². The van der Waals surface area contributed by atoms with Crippen LogP contribution < -0.4 is 16.4 Å². The van der Waals surface area contributed by atoms with Crippen LogP contribution in [-0.2, 0) is 35.8 Å². The number of hydrogen-bond acceptors (Lipinski definition) is 8. The summed E-state index contributed by atoms with van der Waals surface area (Å²) in [5, 5.41) is 4.91. The van der Waals surface area contributed by atoms with Gasteiger partial charge in [-0.15, -0.1) is 0 Å². The summed E-state index contributed by atoms with van der Waals surface area (Å²) >= 11 is 0. The molecule has 0 aliphatic rings. The van der Waals surface area contributed by atoms with E-state index in [1.165, 1.54) is 25.4 Å². The van der Waals surface area contributed by atoms with Gasteiger partial charge in [-0.05, 0) is 62.0 Å². The molecule has 0 radical (unpaired) electrons. The van der Waals surface area contributed by atoms with Crippen LogP contribution in [0.15, 0.2) is 97.6 Å². The number of nitrogens with zero attached hydrogens (tertiary/aromatic N) is 5. The highest BCUT2D eigenvalue weighted by atomic mass is 19.4. The van der Waals surface area contributed by atoms with Crippen molar-refractivity contribution in [3.8, 4) is 0 Å². The van der Waals surface area contributed by atoms with Crippen LogP contribution in [0.2, 0.25) is 0 Å². The highest BCUT2D eigenvalue weighted by molar-refractivity contribution is 5.82. The molecule has 4 aromatic rings. The Morgan fingerprint density at radius 2 is 1.10 bits per heavy atom. The lowest BCUT2D eigenvalue weighted by atomic mass is 10.3. The number of hydrogen-bond donors (Lipinski definition) is 3. The van der Waals surface area contributed by atoms with Crippen molar-refractivity contribution in [2.45, 2.75) is 52.4 Å². The number of aromatic nitrogens is 4. The predicted octanol–water partition coefficient (Wildman–Crippen LogP) is 4.98. The average molecular weight is 681 g/mol. The Balaban J connectivity index is 0.000000330. The van der Waals surface area contributed by atoms with E-state index in [4.69, 9.17) is 5.73 Å². The molecule has 0 aliphatic heterocycles. The third kappa shape index (κ3) is 18.3. The summed E-state index contributed by atoms with van der Waals surface area (Å²) in [5.74, 6) is -3.79. The Hall–Kier alpha value is -4.96. The number of carbonyl (C=O) groups excluding carboxylic acids is 2. The second-order valence-electron chi connectivity index (χ2n) is 9.27. The molecule has 4 aromatic heterocycles. The molecule has 0 bridgehead atoms. The lowest BCUT2D eigenvalue weighted by Crippen LogP contribution is -2.40. The van der Waals surface area contributed by atoms with Gasteiger partial charge >= 0.3 is 24.2 Å². The Morgan fingerprint density at radius 3 is 1.44 bits per heavy atom. The quantitative estimate of drug-likeness (QED) is 0.211. The van der Waals surface area contributed by atoms with E-state index < -0.39 is 24.2 Å². The van der Waals surface area contributed by atoms with E-state index in [2.05, 4.69) is 32.2 Å². The maximum absolute atomic E-state index is 12.2. The van der Waals surface area contributed by atoms with Crippen molar-refractivity contribution in [3.63, 3.8) is 0 Å². The zero-order valence-corrected chi connectivity index (χ0v) is 26.4. The number of alkyl halides is 6. The van der Waals surface area contributed by atoms with Crippen LogP contribution in [0.4, 0.5) is 26.3 Å². The van der Waals surface area contributed by atoms with Gasteiger partial charge in [0.05, 0.1) is 35.9 Å². The van der Waals surface area contributed by atoms with Crippen molar-refractivity contribution < 1.29 is 35.9 Å². The fourth-order valence-electron chi connectivity index (χ4n) is 3.24. The first-order valence-electron chi connectivity index (χ1n) is 14.5. The molecule has 2 amide bonds. The summed E-state index contributed by atoms with van der Waals surface area (Å²) in [7, 11) is 0. The molecule has 4 rings (SSSR count). The van der Waals surface area contributed by atoms with E-state index in [1.807, 2.05) is 42.6 Å². The Labute approximate surface area is 274 Å². The van der Waals surface area contributed by atoms with Gasteiger partial charge in [-0.1, -0.05) is 31.2 Å². The highest BCUT2D eigenvalue weighted by Gasteiger charge is 2.42. The second kappa shape index (κ2) is 22.5. The third-order valence-corrected chi connectivity index (χ3v) is 5.62. The largest absolute Gasteiger partial charge is 0.471 e.